The maximum absolute atomic E-state index is 12.4. The molecule has 1 unspecified atom stereocenters. The van der Waals surface area contributed by atoms with Crippen molar-refractivity contribution >= 4 is 26.8 Å². The van der Waals surface area contributed by atoms with Crippen LogP contribution in [-0.2, 0) is 9.84 Å². The SMILES string of the molecule is CSC1=NCC(S(=O)(=O)c2ccc(C(C)C)cc2)N1. The number of nitrogens with one attached hydrogen (secondary N) is 1. The molecule has 0 spiro atoms. The number of amidine groups is 1. The van der Waals surface area contributed by atoms with Gasteiger partial charge < -0.3 is 5.32 Å². The van der Waals surface area contributed by atoms with Gasteiger partial charge in [-0.1, -0.05) is 37.7 Å². The van der Waals surface area contributed by atoms with Gasteiger partial charge in [0.05, 0.1) is 11.4 Å². The lowest BCUT2D eigenvalue weighted by Crippen LogP contribution is -2.36. The van der Waals surface area contributed by atoms with E-state index in [4.69, 9.17) is 0 Å². The van der Waals surface area contributed by atoms with E-state index >= 15 is 0 Å². The number of thioether (sulfide) groups is 1. The molecule has 0 aromatic heterocycles. The smallest absolute Gasteiger partial charge is 0.201 e. The first kappa shape index (κ1) is 14.4. The van der Waals surface area contributed by atoms with E-state index in [1.807, 2.05) is 18.4 Å². The van der Waals surface area contributed by atoms with E-state index in [-0.39, 0.29) is 6.54 Å². The van der Waals surface area contributed by atoms with Crippen molar-refractivity contribution in [1.82, 2.24) is 5.32 Å². The molecule has 6 heteroatoms. The summed E-state index contributed by atoms with van der Waals surface area (Å²) in [5.41, 5.74) is 1.14. The Labute approximate surface area is 118 Å². The minimum absolute atomic E-state index is 0.282. The van der Waals surface area contributed by atoms with Crippen LogP contribution in [0.1, 0.15) is 25.3 Å². The predicted molar refractivity (Wildman–Crippen MR) is 80.5 cm³/mol. The number of benzene rings is 1. The van der Waals surface area contributed by atoms with E-state index < -0.39 is 15.2 Å². The molecular formula is C13H18N2O2S2. The molecule has 0 saturated carbocycles. The van der Waals surface area contributed by atoms with Crippen LogP contribution in [0.3, 0.4) is 0 Å². The van der Waals surface area contributed by atoms with Crippen LogP contribution in [-0.4, -0.2) is 31.8 Å². The fourth-order valence-corrected chi connectivity index (χ4v) is 3.82. The molecular weight excluding hydrogens is 280 g/mol. The van der Waals surface area contributed by atoms with Crippen LogP contribution in [0, 0.1) is 0 Å². The van der Waals surface area contributed by atoms with Crippen molar-refractivity contribution in [2.75, 3.05) is 12.8 Å². The van der Waals surface area contributed by atoms with Gasteiger partial charge in [0.15, 0.2) is 10.5 Å². The molecule has 0 amide bonds. The summed E-state index contributed by atoms with van der Waals surface area (Å²) in [6, 6.07) is 7.12. The predicted octanol–water partition coefficient (Wildman–Crippen LogP) is 2.23. The lowest BCUT2D eigenvalue weighted by Gasteiger charge is -2.13. The summed E-state index contributed by atoms with van der Waals surface area (Å²) in [5.74, 6) is 0.396. The van der Waals surface area contributed by atoms with Gasteiger partial charge in [-0.05, 0) is 29.9 Å². The second kappa shape index (κ2) is 5.54. The van der Waals surface area contributed by atoms with Gasteiger partial charge in [0.25, 0.3) is 0 Å². The zero-order valence-corrected chi connectivity index (χ0v) is 12.9. The van der Waals surface area contributed by atoms with E-state index in [1.165, 1.54) is 11.8 Å². The fraction of sp³-hybridized carbons (Fsp3) is 0.462. The Balaban J connectivity index is 2.21. The lowest BCUT2D eigenvalue weighted by atomic mass is 10.0. The maximum Gasteiger partial charge on any atom is 0.201 e. The van der Waals surface area contributed by atoms with Crippen molar-refractivity contribution in [1.29, 1.82) is 0 Å². The van der Waals surface area contributed by atoms with Crippen molar-refractivity contribution in [2.24, 2.45) is 4.99 Å². The molecule has 4 nitrogen and oxygen atoms in total. The van der Waals surface area contributed by atoms with Crippen LogP contribution in [0.5, 0.6) is 0 Å². The normalized spacial score (nSPS) is 19.4. The van der Waals surface area contributed by atoms with Gasteiger partial charge in [0.1, 0.15) is 0 Å². The molecule has 1 aromatic carbocycles. The van der Waals surface area contributed by atoms with Gasteiger partial charge in [0, 0.05) is 0 Å². The van der Waals surface area contributed by atoms with Gasteiger partial charge in [0.2, 0.25) is 9.84 Å². The van der Waals surface area contributed by atoms with Crippen LogP contribution in [0.4, 0.5) is 0 Å². The molecule has 2 rings (SSSR count). The standard InChI is InChI=1S/C13H18N2O2S2/c1-9(2)10-4-6-11(7-5-10)19(16,17)12-8-14-13(15-12)18-3/h4-7,9,12H,8H2,1-3H3,(H,14,15). The first-order valence-corrected chi connectivity index (χ1v) is 8.91. The Morgan fingerprint density at radius 3 is 2.42 bits per heavy atom. The van der Waals surface area contributed by atoms with Crippen LogP contribution in [0.2, 0.25) is 0 Å². The van der Waals surface area contributed by atoms with Gasteiger partial charge in [-0.15, -0.1) is 0 Å². The summed E-state index contributed by atoms with van der Waals surface area (Å²) in [4.78, 5) is 4.52. The molecule has 0 saturated heterocycles. The van der Waals surface area contributed by atoms with Gasteiger partial charge in [-0.25, -0.2) is 8.42 Å². The molecule has 1 aliphatic rings. The van der Waals surface area contributed by atoms with Crippen molar-refractivity contribution in [3.63, 3.8) is 0 Å². The Hall–Kier alpha value is -1.01. The molecule has 19 heavy (non-hydrogen) atoms. The average molecular weight is 298 g/mol. The molecule has 1 aliphatic heterocycles. The van der Waals surface area contributed by atoms with Crippen molar-refractivity contribution in [3.8, 4) is 0 Å². The minimum atomic E-state index is -3.36. The number of rotatable bonds is 3. The highest BCUT2D eigenvalue weighted by molar-refractivity contribution is 8.13. The molecule has 1 atom stereocenters. The number of sulfone groups is 1. The minimum Gasteiger partial charge on any atom is -0.347 e. The van der Waals surface area contributed by atoms with Crippen molar-refractivity contribution in [2.45, 2.75) is 30.0 Å². The van der Waals surface area contributed by atoms with Gasteiger partial charge in [-0.2, -0.15) is 0 Å². The van der Waals surface area contributed by atoms with Crippen LogP contribution >= 0.6 is 11.8 Å². The van der Waals surface area contributed by atoms with E-state index in [0.717, 1.165) is 5.56 Å². The first-order chi connectivity index (χ1) is 8.95. The van der Waals surface area contributed by atoms with Crippen molar-refractivity contribution in [3.05, 3.63) is 29.8 Å². The van der Waals surface area contributed by atoms with Gasteiger partial charge >= 0.3 is 0 Å². The summed E-state index contributed by atoms with van der Waals surface area (Å²) in [5, 5.41) is 2.99. The summed E-state index contributed by atoms with van der Waals surface area (Å²) in [6.07, 6.45) is 1.87. The zero-order chi connectivity index (χ0) is 14.0. The van der Waals surface area contributed by atoms with Crippen molar-refractivity contribution < 1.29 is 8.42 Å². The third-order valence-electron chi connectivity index (χ3n) is 3.13. The molecule has 1 N–H and O–H groups in total. The lowest BCUT2D eigenvalue weighted by molar-refractivity contribution is 0.578. The highest BCUT2D eigenvalue weighted by atomic mass is 32.2. The van der Waals surface area contributed by atoms with E-state index in [2.05, 4.69) is 24.2 Å². The monoisotopic (exact) mass is 298 g/mol. The molecule has 0 fully saturated rings. The quantitative estimate of drug-likeness (QED) is 0.929. The highest BCUT2D eigenvalue weighted by Gasteiger charge is 2.31. The third-order valence-corrected chi connectivity index (χ3v) is 5.71. The zero-order valence-electron chi connectivity index (χ0n) is 11.3. The van der Waals surface area contributed by atoms with Crippen LogP contribution < -0.4 is 5.32 Å². The molecule has 0 radical (unpaired) electrons. The van der Waals surface area contributed by atoms with E-state index in [9.17, 15) is 8.42 Å². The number of aliphatic imine (C=N–C) groups is 1. The van der Waals surface area contributed by atoms with E-state index in [0.29, 0.717) is 16.0 Å². The van der Waals surface area contributed by atoms with Gasteiger partial charge in [-0.3, -0.25) is 4.99 Å². The molecule has 1 heterocycles. The Morgan fingerprint density at radius 1 is 1.32 bits per heavy atom. The van der Waals surface area contributed by atoms with E-state index in [1.54, 1.807) is 12.1 Å². The highest BCUT2D eigenvalue weighted by Crippen LogP contribution is 2.22. The molecule has 1 aromatic rings. The average Bonchev–Trinajstić information content (AvgIpc) is 2.88. The summed E-state index contributed by atoms with van der Waals surface area (Å²) in [6.45, 7) is 4.45. The molecule has 0 aliphatic carbocycles. The summed E-state index contributed by atoms with van der Waals surface area (Å²) in [7, 11) is -3.36. The fourth-order valence-electron chi connectivity index (χ4n) is 1.90. The Morgan fingerprint density at radius 2 is 1.95 bits per heavy atom. The van der Waals surface area contributed by atoms with Crippen LogP contribution in [0.25, 0.3) is 0 Å². The topological polar surface area (TPSA) is 58.5 Å². The largest absolute Gasteiger partial charge is 0.347 e. The maximum atomic E-state index is 12.4. The molecule has 0 bridgehead atoms. The third kappa shape index (κ3) is 2.95. The number of hydrogen-bond donors (Lipinski definition) is 1. The number of hydrogen-bond acceptors (Lipinski definition) is 5. The second-order valence-corrected chi connectivity index (χ2v) is 7.68. The Kier molecular flexibility index (Phi) is 4.20. The summed E-state index contributed by atoms with van der Waals surface area (Å²) >= 11 is 1.43. The second-order valence-electron chi connectivity index (χ2n) is 4.75. The molecule has 104 valence electrons. The van der Waals surface area contributed by atoms with Crippen LogP contribution in [0.15, 0.2) is 34.2 Å². The summed E-state index contributed by atoms with van der Waals surface area (Å²) < 4.78 is 24.9. The first-order valence-electron chi connectivity index (χ1n) is 6.14. The number of nitrogens with zero attached hydrogens (tertiary/aromatic N) is 1. The Bertz CT molecular complexity index is 577.